The van der Waals surface area contributed by atoms with Gasteiger partial charge in [0, 0.05) is 56.8 Å². The van der Waals surface area contributed by atoms with Gasteiger partial charge in [0.15, 0.2) is 0 Å². The molecule has 5 nitrogen and oxygen atoms in total. The molecule has 2 heterocycles. The van der Waals surface area contributed by atoms with Gasteiger partial charge in [-0.2, -0.15) is 0 Å². The Bertz CT molecular complexity index is 639. The number of carbonyl (C=O) groups excluding carboxylic acids is 2. The summed E-state index contributed by atoms with van der Waals surface area (Å²) in [5.41, 5.74) is 1.85. The van der Waals surface area contributed by atoms with E-state index in [4.69, 9.17) is 0 Å². The van der Waals surface area contributed by atoms with Crippen LogP contribution in [0.4, 0.5) is 0 Å². The van der Waals surface area contributed by atoms with Crippen molar-refractivity contribution in [1.82, 2.24) is 14.7 Å². The summed E-state index contributed by atoms with van der Waals surface area (Å²) in [7, 11) is 0. The van der Waals surface area contributed by atoms with E-state index in [2.05, 4.69) is 18.7 Å². The van der Waals surface area contributed by atoms with Crippen LogP contribution in [0.1, 0.15) is 36.7 Å². The molecule has 5 heteroatoms. The third-order valence-electron chi connectivity index (χ3n) is 5.30. The van der Waals surface area contributed by atoms with Gasteiger partial charge in [0.2, 0.25) is 5.91 Å². The fraction of sp³-hybridized carbons (Fsp3) is 0.579. The molecule has 2 saturated heterocycles. The molecular formula is C19H27N3O2. The highest BCUT2D eigenvalue weighted by molar-refractivity contribution is 5.94. The average Bonchev–Trinajstić information content (AvgIpc) is 2.53. The predicted molar refractivity (Wildman–Crippen MR) is 93.9 cm³/mol. The molecule has 2 aliphatic heterocycles. The lowest BCUT2D eigenvalue weighted by Gasteiger charge is -2.55. The van der Waals surface area contributed by atoms with Gasteiger partial charge in [0.1, 0.15) is 0 Å². The Morgan fingerprint density at radius 3 is 2.29 bits per heavy atom. The number of fused-ring (bicyclic) bond motifs is 1. The van der Waals surface area contributed by atoms with Crippen LogP contribution in [-0.4, -0.2) is 70.8 Å². The first-order valence-electron chi connectivity index (χ1n) is 8.66. The molecule has 1 aromatic rings. The van der Waals surface area contributed by atoms with Crippen LogP contribution in [-0.2, 0) is 4.79 Å². The summed E-state index contributed by atoms with van der Waals surface area (Å²) >= 11 is 0. The summed E-state index contributed by atoms with van der Waals surface area (Å²) in [4.78, 5) is 31.0. The molecule has 2 aliphatic rings. The van der Waals surface area contributed by atoms with E-state index < -0.39 is 0 Å². The van der Waals surface area contributed by atoms with Crippen molar-refractivity contribution in [3.8, 4) is 0 Å². The van der Waals surface area contributed by atoms with Gasteiger partial charge in [-0.25, -0.2) is 0 Å². The molecule has 0 aromatic heterocycles. The number of nitrogens with zero attached hydrogens (tertiary/aromatic N) is 3. The molecule has 3 rings (SSSR count). The first-order valence-corrected chi connectivity index (χ1v) is 8.66. The monoisotopic (exact) mass is 329 g/mol. The summed E-state index contributed by atoms with van der Waals surface area (Å²) in [6.07, 6.45) is 0. The van der Waals surface area contributed by atoms with Gasteiger partial charge in [-0.3, -0.25) is 14.5 Å². The van der Waals surface area contributed by atoms with Crippen molar-refractivity contribution in [3.63, 3.8) is 0 Å². The van der Waals surface area contributed by atoms with Crippen LogP contribution in [0.2, 0.25) is 0 Å². The zero-order chi connectivity index (χ0) is 17.5. The Labute approximate surface area is 144 Å². The first-order chi connectivity index (χ1) is 11.3. The standard InChI is InChI=1S/C19H27N3O2/c1-14-5-7-16(8-6-14)18(24)20-9-10-22-17(11-20)12-21(15(2)23)13-19(22,3)4/h5-8,17H,9-13H2,1-4H3. The van der Waals surface area contributed by atoms with Gasteiger partial charge in [0.25, 0.3) is 5.91 Å². The van der Waals surface area contributed by atoms with Crippen LogP contribution in [0.5, 0.6) is 0 Å². The van der Waals surface area contributed by atoms with Gasteiger partial charge < -0.3 is 9.80 Å². The minimum absolute atomic E-state index is 0.0480. The molecule has 2 fully saturated rings. The number of amides is 2. The molecule has 1 atom stereocenters. The van der Waals surface area contributed by atoms with E-state index in [1.54, 1.807) is 6.92 Å². The molecule has 130 valence electrons. The Morgan fingerprint density at radius 1 is 1.04 bits per heavy atom. The van der Waals surface area contributed by atoms with E-state index in [1.165, 1.54) is 0 Å². The van der Waals surface area contributed by atoms with E-state index in [0.29, 0.717) is 13.1 Å². The highest BCUT2D eigenvalue weighted by atomic mass is 16.2. The minimum atomic E-state index is -0.0480. The van der Waals surface area contributed by atoms with E-state index in [0.717, 1.165) is 30.8 Å². The van der Waals surface area contributed by atoms with Crippen LogP contribution in [0.3, 0.4) is 0 Å². The summed E-state index contributed by atoms with van der Waals surface area (Å²) < 4.78 is 0. The third-order valence-corrected chi connectivity index (χ3v) is 5.30. The maximum Gasteiger partial charge on any atom is 0.253 e. The van der Waals surface area contributed by atoms with E-state index in [-0.39, 0.29) is 23.4 Å². The second-order valence-electron chi connectivity index (χ2n) is 7.68. The van der Waals surface area contributed by atoms with Gasteiger partial charge in [-0.15, -0.1) is 0 Å². The number of hydrogen-bond acceptors (Lipinski definition) is 3. The maximum absolute atomic E-state index is 12.8. The Kier molecular flexibility index (Phi) is 4.38. The van der Waals surface area contributed by atoms with Gasteiger partial charge in [-0.05, 0) is 32.9 Å². The van der Waals surface area contributed by atoms with E-state index in [1.807, 2.05) is 41.0 Å². The zero-order valence-corrected chi connectivity index (χ0v) is 15.1. The highest BCUT2D eigenvalue weighted by Gasteiger charge is 2.43. The number of benzene rings is 1. The number of rotatable bonds is 1. The molecular weight excluding hydrogens is 302 g/mol. The molecule has 0 radical (unpaired) electrons. The number of carbonyl (C=O) groups is 2. The molecule has 0 spiro atoms. The summed E-state index contributed by atoms with van der Waals surface area (Å²) in [6.45, 7) is 11.8. The highest BCUT2D eigenvalue weighted by Crippen LogP contribution is 2.28. The van der Waals surface area contributed by atoms with Crippen molar-refractivity contribution in [2.75, 3.05) is 32.7 Å². The lowest BCUT2D eigenvalue weighted by atomic mass is 9.92. The van der Waals surface area contributed by atoms with Crippen molar-refractivity contribution in [3.05, 3.63) is 35.4 Å². The van der Waals surface area contributed by atoms with Crippen LogP contribution >= 0.6 is 0 Å². The van der Waals surface area contributed by atoms with E-state index in [9.17, 15) is 9.59 Å². The molecule has 0 saturated carbocycles. The van der Waals surface area contributed by atoms with Crippen molar-refractivity contribution in [2.45, 2.75) is 39.3 Å². The van der Waals surface area contributed by atoms with Gasteiger partial charge in [-0.1, -0.05) is 17.7 Å². The smallest absolute Gasteiger partial charge is 0.253 e. The number of hydrogen-bond donors (Lipinski definition) is 0. The molecule has 0 N–H and O–H groups in total. The number of piperazine rings is 2. The van der Waals surface area contributed by atoms with Crippen molar-refractivity contribution < 1.29 is 9.59 Å². The fourth-order valence-corrected chi connectivity index (χ4v) is 3.99. The molecule has 0 aliphatic carbocycles. The molecule has 1 unspecified atom stereocenters. The van der Waals surface area contributed by atoms with Crippen LogP contribution in [0.15, 0.2) is 24.3 Å². The maximum atomic E-state index is 12.8. The third kappa shape index (κ3) is 3.18. The minimum Gasteiger partial charge on any atom is -0.339 e. The predicted octanol–water partition coefficient (Wildman–Crippen LogP) is 1.76. The molecule has 2 amide bonds. The Morgan fingerprint density at radius 2 is 1.67 bits per heavy atom. The lowest BCUT2D eigenvalue weighted by molar-refractivity contribution is -0.138. The number of aryl methyl sites for hydroxylation is 1. The average molecular weight is 329 g/mol. The van der Waals surface area contributed by atoms with Gasteiger partial charge >= 0.3 is 0 Å². The second-order valence-corrected chi connectivity index (χ2v) is 7.68. The molecule has 1 aromatic carbocycles. The van der Waals surface area contributed by atoms with Crippen LogP contribution < -0.4 is 0 Å². The second kappa shape index (κ2) is 6.20. The topological polar surface area (TPSA) is 43.9 Å². The fourth-order valence-electron chi connectivity index (χ4n) is 3.99. The zero-order valence-electron chi connectivity index (χ0n) is 15.1. The molecule has 0 bridgehead atoms. The van der Waals surface area contributed by atoms with Crippen molar-refractivity contribution >= 4 is 11.8 Å². The van der Waals surface area contributed by atoms with Crippen LogP contribution in [0.25, 0.3) is 0 Å². The van der Waals surface area contributed by atoms with Crippen molar-refractivity contribution in [2.24, 2.45) is 0 Å². The quantitative estimate of drug-likeness (QED) is 0.789. The van der Waals surface area contributed by atoms with Gasteiger partial charge in [0.05, 0.1) is 0 Å². The van der Waals surface area contributed by atoms with E-state index >= 15 is 0 Å². The Balaban J connectivity index is 1.75. The lowest BCUT2D eigenvalue weighted by Crippen LogP contribution is -2.70. The van der Waals surface area contributed by atoms with Crippen molar-refractivity contribution in [1.29, 1.82) is 0 Å². The SMILES string of the molecule is CC(=O)N1CC2CN(C(=O)c3ccc(C)cc3)CCN2C(C)(C)C1. The Hall–Kier alpha value is -1.88. The summed E-state index contributed by atoms with van der Waals surface area (Å²) in [6, 6.07) is 7.96. The van der Waals surface area contributed by atoms with Crippen LogP contribution in [0, 0.1) is 6.92 Å². The molecule has 24 heavy (non-hydrogen) atoms. The normalized spacial score (nSPS) is 23.8. The largest absolute Gasteiger partial charge is 0.339 e. The summed E-state index contributed by atoms with van der Waals surface area (Å²) in [5, 5.41) is 0. The summed E-state index contributed by atoms with van der Waals surface area (Å²) in [5.74, 6) is 0.206. The first kappa shape index (κ1) is 17.0.